The number of thioether (sulfide) groups is 1. The van der Waals surface area contributed by atoms with Gasteiger partial charge in [0.15, 0.2) is 0 Å². The van der Waals surface area contributed by atoms with Gasteiger partial charge in [0.25, 0.3) is 11.8 Å². The quantitative estimate of drug-likeness (QED) is 0.0956. The number of benzene rings is 5. The Bertz CT molecular complexity index is 1850. The van der Waals surface area contributed by atoms with Crippen LogP contribution in [0.1, 0.15) is 26.7 Å². The highest BCUT2D eigenvalue weighted by molar-refractivity contribution is 9.10. The molecule has 0 spiro atoms. The monoisotopic (exact) mass is 691 g/mol. The van der Waals surface area contributed by atoms with Crippen molar-refractivity contribution in [3.63, 3.8) is 0 Å². The molecule has 46 heavy (non-hydrogen) atoms. The molecule has 0 bridgehead atoms. The summed E-state index contributed by atoms with van der Waals surface area (Å²) < 4.78 is 6.02. The molecule has 5 aromatic carbocycles. The van der Waals surface area contributed by atoms with Gasteiger partial charge in [-0.2, -0.15) is 0 Å². The fourth-order valence-corrected chi connectivity index (χ4v) is 5.92. The molecule has 0 radical (unpaired) electrons. The lowest BCUT2D eigenvalue weighted by Crippen LogP contribution is -2.30. The summed E-state index contributed by atoms with van der Waals surface area (Å²) in [6, 6.07) is 40.0. The number of carbonyl (C=O) groups is 3. The van der Waals surface area contributed by atoms with Crippen molar-refractivity contribution < 1.29 is 19.1 Å². The minimum atomic E-state index is -0.574. The summed E-state index contributed by atoms with van der Waals surface area (Å²) in [5.41, 5.74) is 3.19. The molecule has 3 N–H and O–H groups in total. The lowest BCUT2D eigenvalue weighted by atomic mass is 10.1. The lowest BCUT2D eigenvalue weighted by Gasteiger charge is -2.18. The Labute approximate surface area is 280 Å². The van der Waals surface area contributed by atoms with Crippen molar-refractivity contribution >= 4 is 62.9 Å². The number of hydrogen-bond acceptors (Lipinski definition) is 5. The second-order valence-corrected chi connectivity index (χ2v) is 12.0. The van der Waals surface area contributed by atoms with Crippen molar-refractivity contribution in [3.05, 3.63) is 160 Å². The second kappa shape index (κ2) is 15.7. The van der Waals surface area contributed by atoms with Crippen LogP contribution in [-0.2, 0) is 9.59 Å². The molecule has 5 aromatic rings. The van der Waals surface area contributed by atoms with Gasteiger partial charge in [0.05, 0.1) is 12.8 Å². The molecular weight excluding hydrogens is 662 g/mol. The molecule has 230 valence electrons. The van der Waals surface area contributed by atoms with Crippen LogP contribution in [0.2, 0.25) is 0 Å². The summed E-state index contributed by atoms with van der Waals surface area (Å²) in [6.45, 7) is 0. The molecule has 0 heterocycles. The maximum absolute atomic E-state index is 13.6. The Morgan fingerprint density at radius 2 is 1.43 bits per heavy atom. The van der Waals surface area contributed by atoms with Gasteiger partial charge >= 0.3 is 0 Å². The van der Waals surface area contributed by atoms with Crippen molar-refractivity contribution in [3.8, 4) is 5.75 Å². The zero-order valence-corrected chi connectivity index (χ0v) is 27.2. The van der Waals surface area contributed by atoms with E-state index in [-0.39, 0.29) is 11.6 Å². The summed E-state index contributed by atoms with van der Waals surface area (Å²) in [5, 5.41) is 8.11. The van der Waals surface area contributed by atoms with Crippen LogP contribution in [-0.4, -0.2) is 24.8 Å². The molecule has 0 saturated carbocycles. The molecule has 3 amide bonds. The van der Waals surface area contributed by atoms with Gasteiger partial charge in [-0.25, -0.2) is 0 Å². The predicted octanol–water partition coefficient (Wildman–Crippen LogP) is 8.34. The fourth-order valence-electron chi connectivity index (χ4n) is 4.45. The number of methoxy groups -OCH3 is 1. The number of para-hydroxylation sites is 1. The summed E-state index contributed by atoms with van der Waals surface area (Å²) in [7, 11) is 1.58. The molecule has 0 aliphatic rings. The van der Waals surface area contributed by atoms with Gasteiger partial charge in [0, 0.05) is 20.6 Å². The molecule has 9 heteroatoms. The van der Waals surface area contributed by atoms with Crippen molar-refractivity contribution in [1.82, 2.24) is 5.32 Å². The van der Waals surface area contributed by atoms with Crippen molar-refractivity contribution in [2.24, 2.45) is 0 Å². The van der Waals surface area contributed by atoms with E-state index in [2.05, 4.69) is 31.9 Å². The molecule has 0 aliphatic carbocycles. The van der Waals surface area contributed by atoms with Crippen molar-refractivity contribution in [2.75, 3.05) is 17.7 Å². The van der Waals surface area contributed by atoms with Crippen LogP contribution in [0.3, 0.4) is 0 Å². The van der Waals surface area contributed by atoms with Gasteiger partial charge in [-0.1, -0.05) is 78.9 Å². The Morgan fingerprint density at radius 1 is 0.761 bits per heavy atom. The van der Waals surface area contributed by atoms with E-state index in [9.17, 15) is 14.4 Å². The first-order valence-corrected chi connectivity index (χ1v) is 16.0. The summed E-state index contributed by atoms with van der Waals surface area (Å²) in [5.74, 6) is -0.439. The minimum absolute atomic E-state index is 0.0621. The topological polar surface area (TPSA) is 96.5 Å². The zero-order valence-electron chi connectivity index (χ0n) is 24.8. The molecule has 0 fully saturated rings. The molecular formula is C37H30BrN3O4S. The Balaban J connectivity index is 1.38. The molecule has 1 unspecified atom stereocenters. The van der Waals surface area contributed by atoms with E-state index in [0.29, 0.717) is 28.3 Å². The average molecular weight is 693 g/mol. The average Bonchev–Trinajstić information content (AvgIpc) is 3.09. The fraction of sp³-hybridized carbons (Fsp3) is 0.0541. The SMILES string of the molecule is COc1ccc(/C=C(/NC(=O)c2ccccc2)C(=O)Nc2cccc(SC(C(=O)Nc3ccccc3Br)c3ccccc3)c2)cc1. The highest BCUT2D eigenvalue weighted by atomic mass is 79.9. The summed E-state index contributed by atoms with van der Waals surface area (Å²) >= 11 is 4.86. The summed E-state index contributed by atoms with van der Waals surface area (Å²) in [6.07, 6.45) is 1.60. The Hall–Kier alpha value is -5.12. The van der Waals surface area contributed by atoms with E-state index in [1.165, 1.54) is 11.8 Å². The molecule has 0 aromatic heterocycles. The molecule has 0 aliphatic heterocycles. The first-order valence-electron chi connectivity index (χ1n) is 14.3. The normalized spacial score (nSPS) is 11.7. The van der Waals surface area contributed by atoms with Gasteiger partial charge in [-0.05, 0) is 87.7 Å². The van der Waals surface area contributed by atoms with Crippen LogP contribution in [0.25, 0.3) is 6.08 Å². The molecule has 0 saturated heterocycles. The van der Waals surface area contributed by atoms with E-state index >= 15 is 0 Å². The van der Waals surface area contributed by atoms with Gasteiger partial charge in [0.1, 0.15) is 16.7 Å². The van der Waals surface area contributed by atoms with E-state index in [1.54, 1.807) is 79.9 Å². The maximum atomic E-state index is 13.6. The van der Waals surface area contributed by atoms with Crippen LogP contribution in [0.4, 0.5) is 11.4 Å². The lowest BCUT2D eigenvalue weighted by molar-refractivity contribution is -0.116. The third-order valence-electron chi connectivity index (χ3n) is 6.77. The number of carbonyl (C=O) groups excluding carboxylic acids is 3. The molecule has 7 nitrogen and oxygen atoms in total. The van der Waals surface area contributed by atoms with Gasteiger partial charge in [-0.3, -0.25) is 14.4 Å². The minimum Gasteiger partial charge on any atom is -0.497 e. The van der Waals surface area contributed by atoms with E-state index in [4.69, 9.17) is 4.74 Å². The number of hydrogen-bond donors (Lipinski definition) is 3. The molecule has 5 rings (SSSR count). The van der Waals surface area contributed by atoms with Crippen LogP contribution >= 0.6 is 27.7 Å². The Kier molecular flexibility index (Phi) is 11.0. The van der Waals surface area contributed by atoms with Gasteiger partial charge in [-0.15, -0.1) is 11.8 Å². The van der Waals surface area contributed by atoms with Crippen LogP contribution in [0.15, 0.2) is 149 Å². The van der Waals surface area contributed by atoms with Gasteiger partial charge < -0.3 is 20.7 Å². The Morgan fingerprint density at radius 3 is 2.13 bits per heavy atom. The highest BCUT2D eigenvalue weighted by Crippen LogP contribution is 2.38. The maximum Gasteiger partial charge on any atom is 0.272 e. The number of nitrogens with one attached hydrogen (secondary N) is 3. The number of rotatable bonds is 11. The number of amides is 3. The standard InChI is InChI=1S/C37H30BrN3O4S/c1-45-29-21-19-25(20-22-29)23-33(41-35(42)27-13-6-3-7-14-27)36(43)39-28-15-10-16-30(24-28)46-34(26-11-4-2-5-12-26)37(44)40-32-18-9-8-17-31(32)38/h2-24,34H,1H3,(H,39,43)(H,40,44)(H,41,42)/b33-23+. The van der Waals surface area contributed by atoms with Crippen molar-refractivity contribution in [1.29, 1.82) is 0 Å². The third-order valence-corrected chi connectivity index (χ3v) is 8.71. The van der Waals surface area contributed by atoms with E-state index in [1.807, 2.05) is 66.7 Å². The first kappa shape index (κ1) is 32.3. The van der Waals surface area contributed by atoms with Crippen molar-refractivity contribution in [2.45, 2.75) is 10.1 Å². The number of halogens is 1. The number of ether oxygens (including phenoxy) is 1. The second-order valence-electron chi connectivity index (χ2n) is 10.0. The van der Waals surface area contributed by atoms with Gasteiger partial charge in [0.2, 0.25) is 5.91 Å². The largest absolute Gasteiger partial charge is 0.497 e. The zero-order chi connectivity index (χ0) is 32.3. The smallest absolute Gasteiger partial charge is 0.272 e. The van der Waals surface area contributed by atoms with Crippen LogP contribution < -0.4 is 20.7 Å². The first-order chi connectivity index (χ1) is 22.4. The highest BCUT2D eigenvalue weighted by Gasteiger charge is 2.23. The predicted molar refractivity (Wildman–Crippen MR) is 188 cm³/mol. The van der Waals surface area contributed by atoms with Crippen LogP contribution in [0, 0.1) is 0 Å². The molecule has 1 atom stereocenters. The summed E-state index contributed by atoms with van der Waals surface area (Å²) in [4.78, 5) is 41.0. The van der Waals surface area contributed by atoms with Crippen LogP contribution in [0.5, 0.6) is 5.75 Å². The third kappa shape index (κ3) is 8.74. The van der Waals surface area contributed by atoms with E-state index in [0.717, 1.165) is 14.9 Å². The van der Waals surface area contributed by atoms with E-state index < -0.39 is 17.1 Å². The number of anilines is 2.